The average molecular weight is 344 g/mol. The van der Waals surface area contributed by atoms with Crippen molar-refractivity contribution in [3.05, 3.63) is 28.2 Å². The fourth-order valence-electron chi connectivity index (χ4n) is 2.22. The Morgan fingerprint density at radius 2 is 2.05 bits per heavy atom. The molecule has 0 aliphatic heterocycles. The number of benzene rings is 1. The summed E-state index contributed by atoms with van der Waals surface area (Å²) >= 11 is 3.54. The van der Waals surface area contributed by atoms with Crippen LogP contribution in [0.25, 0.3) is 0 Å². The van der Waals surface area contributed by atoms with E-state index < -0.39 is 0 Å². The number of hydrogen-bond donors (Lipinski definition) is 1. The second kappa shape index (κ2) is 8.65. The number of methoxy groups -OCH3 is 2. The lowest BCUT2D eigenvalue weighted by atomic mass is 9.81. The molecule has 0 aromatic heterocycles. The molecule has 0 spiro atoms. The topological polar surface area (TPSA) is 30.5 Å². The minimum atomic E-state index is 0.210. The predicted molar refractivity (Wildman–Crippen MR) is 87.5 cm³/mol. The number of ether oxygens (including phenoxy) is 2. The fraction of sp³-hybridized carbons (Fsp3) is 0.625. The van der Waals surface area contributed by atoms with Crippen LogP contribution in [0.4, 0.5) is 0 Å². The molecule has 4 heteroatoms. The molecule has 0 bridgehead atoms. The summed E-state index contributed by atoms with van der Waals surface area (Å²) in [5, 5.41) is 3.47. The van der Waals surface area contributed by atoms with Crippen molar-refractivity contribution < 1.29 is 9.47 Å². The van der Waals surface area contributed by atoms with Crippen LogP contribution in [0, 0.1) is 5.41 Å². The molecule has 1 atom stereocenters. The normalized spacial score (nSPS) is 14.1. The zero-order valence-electron chi connectivity index (χ0n) is 13.0. The first-order valence-corrected chi connectivity index (χ1v) is 7.86. The second-order valence-electron chi connectivity index (χ2n) is 5.47. The van der Waals surface area contributed by atoms with E-state index in [1.54, 1.807) is 14.2 Å². The molecule has 1 N–H and O–H groups in total. The Labute approximate surface area is 131 Å². The van der Waals surface area contributed by atoms with Crippen LogP contribution in [0.3, 0.4) is 0 Å². The van der Waals surface area contributed by atoms with Crippen LogP contribution >= 0.6 is 15.9 Å². The standard InChI is InChI=1S/C16H26BrNO2/c1-5-16(2,12-18-8-9-19-3)11-13-10-14(17)6-7-15(13)20-4/h6-7,10,18H,5,8-9,11-12H2,1-4H3. The van der Waals surface area contributed by atoms with Gasteiger partial charge in [-0.1, -0.05) is 29.8 Å². The molecule has 1 aromatic carbocycles. The molecule has 0 radical (unpaired) electrons. The highest BCUT2D eigenvalue weighted by molar-refractivity contribution is 9.10. The van der Waals surface area contributed by atoms with Gasteiger partial charge in [0.05, 0.1) is 13.7 Å². The van der Waals surface area contributed by atoms with Crippen LogP contribution in [-0.4, -0.2) is 33.9 Å². The molecule has 0 saturated carbocycles. The summed E-state index contributed by atoms with van der Waals surface area (Å²) < 4.78 is 11.6. The van der Waals surface area contributed by atoms with Crippen molar-refractivity contribution in [3.63, 3.8) is 0 Å². The molecular formula is C16H26BrNO2. The highest BCUT2D eigenvalue weighted by atomic mass is 79.9. The summed E-state index contributed by atoms with van der Waals surface area (Å²) in [6.45, 7) is 7.17. The van der Waals surface area contributed by atoms with Crippen LogP contribution in [0.5, 0.6) is 5.75 Å². The van der Waals surface area contributed by atoms with Gasteiger partial charge in [-0.2, -0.15) is 0 Å². The molecule has 0 amide bonds. The molecule has 0 heterocycles. The maximum atomic E-state index is 5.47. The minimum absolute atomic E-state index is 0.210. The molecule has 0 aliphatic carbocycles. The number of halogens is 1. The molecule has 0 fully saturated rings. The Bertz CT molecular complexity index is 411. The minimum Gasteiger partial charge on any atom is -0.496 e. The van der Waals surface area contributed by atoms with Crippen LogP contribution in [0.2, 0.25) is 0 Å². The third-order valence-corrected chi connectivity index (χ3v) is 4.24. The van der Waals surface area contributed by atoms with Crippen LogP contribution in [0.1, 0.15) is 25.8 Å². The zero-order valence-corrected chi connectivity index (χ0v) is 14.5. The highest BCUT2D eigenvalue weighted by Crippen LogP contribution is 2.32. The monoisotopic (exact) mass is 343 g/mol. The lowest BCUT2D eigenvalue weighted by molar-refractivity contribution is 0.191. The molecule has 20 heavy (non-hydrogen) atoms. The Kier molecular flexibility index (Phi) is 7.56. The summed E-state index contributed by atoms with van der Waals surface area (Å²) in [4.78, 5) is 0. The average Bonchev–Trinajstić information content (AvgIpc) is 2.44. The SMILES string of the molecule is CCC(C)(CNCCOC)Cc1cc(Br)ccc1OC. The van der Waals surface area contributed by atoms with E-state index in [-0.39, 0.29) is 5.41 Å². The first-order valence-electron chi connectivity index (χ1n) is 7.06. The number of hydrogen-bond acceptors (Lipinski definition) is 3. The van der Waals surface area contributed by atoms with Crippen molar-refractivity contribution in [2.45, 2.75) is 26.7 Å². The summed E-state index contributed by atoms with van der Waals surface area (Å²) in [6.07, 6.45) is 2.11. The molecular weight excluding hydrogens is 318 g/mol. The highest BCUT2D eigenvalue weighted by Gasteiger charge is 2.24. The largest absolute Gasteiger partial charge is 0.496 e. The van der Waals surface area contributed by atoms with Crippen molar-refractivity contribution in [2.75, 3.05) is 33.9 Å². The summed E-state index contributed by atoms with van der Waals surface area (Å²) in [5.74, 6) is 0.963. The zero-order chi connectivity index (χ0) is 15.0. The lowest BCUT2D eigenvalue weighted by Gasteiger charge is -2.29. The van der Waals surface area contributed by atoms with Crippen molar-refractivity contribution in [1.82, 2.24) is 5.32 Å². The summed E-state index contributed by atoms with van der Waals surface area (Å²) in [6, 6.07) is 6.19. The second-order valence-corrected chi connectivity index (χ2v) is 6.38. The lowest BCUT2D eigenvalue weighted by Crippen LogP contribution is -2.35. The van der Waals surface area contributed by atoms with Crippen LogP contribution in [-0.2, 0) is 11.2 Å². The summed E-state index contributed by atoms with van der Waals surface area (Å²) in [7, 11) is 3.46. The van der Waals surface area contributed by atoms with Gasteiger partial charge in [-0.05, 0) is 42.0 Å². The van der Waals surface area contributed by atoms with Gasteiger partial charge in [0, 0.05) is 24.7 Å². The third kappa shape index (κ3) is 5.43. The van der Waals surface area contributed by atoms with Crippen LogP contribution in [0.15, 0.2) is 22.7 Å². The van der Waals surface area contributed by atoms with E-state index >= 15 is 0 Å². The van der Waals surface area contributed by atoms with Gasteiger partial charge in [-0.15, -0.1) is 0 Å². The first kappa shape index (κ1) is 17.5. The van der Waals surface area contributed by atoms with Crippen molar-refractivity contribution >= 4 is 15.9 Å². The molecule has 1 unspecified atom stereocenters. The Balaban J connectivity index is 2.73. The van der Waals surface area contributed by atoms with E-state index in [1.807, 2.05) is 12.1 Å². The van der Waals surface area contributed by atoms with Gasteiger partial charge in [-0.3, -0.25) is 0 Å². The molecule has 114 valence electrons. The molecule has 0 aliphatic rings. The van der Waals surface area contributed by atoms with E-state index in [0.717, 1.165) is 42.8 Å². The smallest absolute Gasteiger partial charge is 0.122 e. The number of rotatable bonds is 9. The fourth-order valence-corrected chi connectivity index (χ4v) is 2.63. The first-order chi connectivity index (χ1) is 9.54. The van der Waals surface area contributed by atoms with Crippen molar-refractivity contribution in [1.29, 1.82) is 0 Å². The van der Waals surface area contributed by atoms with E-state index in [2.05, 4.69) is 41.2 Å². The quantitative estimate of drug-likeness (QED) is 0.694. The van der Waals surface area contributed by atoms with E-state index in [9.17, 15) is 0 Å². The van der Waals surface area contributed by atoms with Gasteiger partial charge in [0.1, 0.15) is 5.75 Å². The Hall–Kier alpha value is -0.580. The maximum absolute atomic E-state index is 5.47. The molecule has 1 rings (SSSR count). The van der Waals surface area contributed by atoms with Crippen LogP contribution < -0.4 is 10.1 Å². The molecule has 1 aromatic rings. The van der Waals surface area contributed by atoms with Crippen molar-refractivity contribution in [2.24, 2.45) is 5.41 Å². The van der Waals surface area contributed by atoms with Crippen molar-refractivity contribution in [3.8, 4) is 5.75 Å². The Morgan fingerprint density at radius 1 is 1.30 bits per heavy atom. The number of nitrogens with one attached hydrogen (secondary N) is 1. The Morgan fingerprint density at radius 3 is 2.65 bits per heavy atom. The van der Waals surface area contributed by atoms with Gasteiger partial charge >= 0.3 is 0 Å². The van der Waals surface area contributed by atoms with Gasteiger partial charge in [0.25, 0.3) is 0 Å². The van der Waals surface area contributed by atoms with E-state index in [4.69, 9.17) is 9.47 Å². The summed E-state index contributed by atoms with van der Waals surface area (Å²) in [5.41, 5.74) is 1.46. The molecule has 0 saturated heterocycles. The molecule has 3 nitrogen and oxygen atoms in total. The van der Waals surface area contributed by atoms with Gasteiger partial charge in [-0.25, -0.2) is 0 Å². The van der Waals surface area contributed by atoms with Gasteiger partial charge in [0.2, 0.25) is 0 Å². The van der Waals surface area contributed by atoms with E-state index in [1.165, 1.54) is 5.56 Å². The predicted octanol–water partition coefficient (Wildman–Crippen LogP) is 3.65. The maximum Gasteiger partial charge on any atom is 0.122 e. The third-order valence-electron chi connectivity index (χ3n) is 3.75. The van der Waals surface area contributed by atoms with Gasteiger partial charge in [0.15, 0.2) is 0 Å². The van der Waals surface area contributed by atoms with E-state index in [0.29, 0.717) is 0 Å². The van der Waals surface area contributed by atoms with Gasteiger partial charge < -0.3 is 14.8 Å².